The number of nitrogens with one attached hydrogen (secondary N) is 2. The topological polar surface area (TPSA) is 78.5 Å². The van der Waals surface area contributed by atoms with E-state index in [1.54, 1.807) is 6.07 Å². The number of benzene rings is 1. The smallest absolute Gasteiger partial charge is 0.324 e. The van der Waals surface area contributed by atoms with Crippen molar-refractivity contribution in [2.75, 3.05) is 11.9 Å². The maximum Gasteiger partial charge on any atom is 0.325 e. The van der Waals surface area contributed by atoms with Crippen LogP contribution in [0.4, 0.5) is 14.9 Å². The van der Waals surface area contributed by atoms with Gasteiger partial charge in [0.1, 0.15) is 17.9 Å². The van der Waals surface area contributed by atoms with E-state index in [9.17, 15) is 18.8 Å². The van der Waals surface area contributed by atoms with Gasteiger partial charge in [0.2, 0.25) is 5.91 Å². The van der Waals surface area contributed by atoms with Crippen LogP contribution in [0.5, 0.6) is 0 Å². The second-order valence-corrected chi connectivity index (χ2v) is 8.60. The highest BCUT2D eigenvalue weighted by atomic mass is 19.1. The zero-order valence-corrected chi connectivity index (χ0v) is 16.0. The van der Waals surface area contributed by atoms with Crippen molar-refractivity contribution in [3.63, 3.8) is 0 Å². The lowest BCUT2D eigenvalue weighted by Crippen LogP contribution is -2.50. The number of amides is 4. The molecule has 4 amide bonds. The summed E-state index contributed by atoms with van der Waals surface area (Å²) in [4.78, 5) is 38.4. The third-order valence-electron chi connectivity index (χ3n) is 5.72. The van der Waals surface area contributed by atoms with E-state index in [4.69, 9.17) is 0 Å². The molecule has 0 bridgehead atoms. The van der Waals surface area contributed by atoms with Gasteiger partial charge in [-0.05, 0) is 55.2 Å². The molecule has 1 aliphatic heterocycles. The first-order chi connectivity index (χ1) is 12.6. The Labute approximate surface area is 158 Å². The van der Waals surface area contributed by atoms with Crippen LogP contribution >= 0.6 is 0 Å². The number of halogens is 1. The summed E-state index contributed by atoms with van der Waals surface area (Å²) >= 11 is 0. The lowest BCUT2D eigenvalue weighted by molar-refractivity contribution is -0.135. The number of hydrogen-bond acceptors (Lipinski definition) is 3. The Hall–Kier alpha value is -2.44. The summed E-state index contributed by atoms with van der Waals surface area (Å²) in [6, 6.07) is 4.93. The van der Waals surface area contributed by atoms with Gasteiger partial charge in [0.25, 0.3) is 5.91 Å². The van der Waals surface area contributed by atoms with Gasteiger partial charge < -0.3 is 10.6 Å². The predicted molar refractivity (Wildman–Crippen MR) is 99.4 cm³/mol. The maximum atomic E-state index is 13.2. The van der Waals surface area contributed by atoms with Crippen LogP contribution in [0.2, 0.25) is 0 Å². The molecule has 2 N–H and O–H groups in total. The Morgan fingerprint density at radius 2 is 1.96 bits per heavy atom. The summed E-state index contributed by atoms with van der Waals surface area (Å²) < 4.78 is 13.2. The fourth-order valence-corrected chi connectivity index (χ4v) is 4.05. The normalized spacial score (nSPS) is 25.6. The van der Waals surface area contributed by atoms with Crippen LogP contribution in [-0.2, 0) is 9.59 Å². The fourth-order valence-electron chi connectivity index (χ4n) is 4.05. The first-order valence-corrected chi connectivity index (χ1v) is 9.30. The fraction of sp³-hybridized carbons (Fsp3) is 0.550. The van der Waals surface area contributed by atoms with Crippen molar-refractivity contribution in [1.82, 2.24) is 10.2 Å². The summed E-state index contributed by atoms with van der Waals surface area (Å²) in [6.07, 6.45) is 2.89. The predicted octanol–water partition coefficient (Wildman–Crippen LogP) is 3.29. The van der Waals surface area contributed by atoms with Gasteiger partial charge in [0, 0.05) is 5.69 Å². The van der Waals surface area contributed by atoms with Gasteiger partial charge in [0.05, 0.1) is 0 Å². The number of hydrogen-bond donors (Lipinski definition) is 2. The third-order valence-corrected chi connectivity index (χ3v) is 5.72. The van der Waals surface area contributed by atoms with Gasteiger partial charge in [-0.25, -0.2) is 9.18 Å². The number of imide groups is 1. The highest BCUT2D eigenvalue weighted by Crippen LogP contribution is 2.43. The number of rotatable bonds is 3. The molecular formula is C20H26FN3O3. The van der Waals surface area contributed by atoms with Crippen LogP contribution in [0.15, 0.2) is 24.3 Å². The molecule has 27 heavy (non-hydrogen) atoms. The van der Waals surface area contributed by atoms with Crippen LogP contribution < -0.4 is 10.6 Å². The highest BCUT2D eigenvalue weighted by molar-refractivity contribution is 6.10. The van der Waals surface area contributed by atoms with Gasteiger partial charge in [0.15, 0.2) is 0 Å². The molecule has 1 aliphatic carbocycles. The second-order valence-electron chi connectivity index (χ2n) is 8.60. The van der Waals surface area contributed by atoms with Crippen molar-refractivity contribution in [1.29, 1.82) is 0 Å². The minimum absolute atomic E-state index is 0.164. The Balaban J connectivity index is 1.64. The Morgan fingerprint density at radius 3 is 2.56 bits per heavy atom. The van der Waals surface area contributed by atoms with Crippen molar-refractivity contribution in [3.05, 3.63) is 30.1 Å². The number of carbonyl (C=O) groups excluding carboxylic acids is 3. The lowest BCUT2D eigenvalue weighted by atomic mass is 9.67. The Bertz CT molecular complexity index is 764. The molecule has 2 aliphatic rings. The van der Waals surface area contributed by atoms with Crippen molar-refractivity contribution in [2.24, 2.45) is 11.3 Å². The van der Waals surface area contributed by atoms with E-state index in [1.165, 1.54) is 18.2 Å². The van der Waals surface area contributed by atoms with Crippen molar-refractivity contribution < 1.29 is 18.8 Å². The molecule has 0 radical (unpaired) electrons. The molecule has 1 heterocycles. The molecule has 7 heteroatoms. The molecule has 146 valence electrons. The van der Waals surface area contributed by atoms with Gasteiger partial charge in [-0.15, -0.1) is 0 Å². The zero-order valence-electron chi connectivity index (χ0n) is 16.0. The van der Waals surface area contributed by atoms with Gasteiger partial charge in [-0.3, -0.25) is 14.5 Å². The summed E-state index contributed by atoms with van der Waals surface area (Å²) in [7, 11) is 0. The van der Waals surface area contributed by atoms with E-state index in [0.29, 0.717) is 18.8 Å². The van der Waals surface area contributed by atoms with E-state index in [-0.39, 0.29) is 23.6 Å². The van der Waals surface area contributed by atoms with Crippen LogP contribution in [0, 0.1) is 17.2 Å². The zero-order chi connectivity index (χ0) is 19.8. The highest BCUT2D eigenvalue weighted by Gasteiger charge is 2.53. The summed E-state index contributed by atoms with van der Waals surface area (Å²) in [6.45, 7) is 6.18. The maximum absolute atomic E-state index is 13.2. The van der Waals surface area contributed by atoms with Gasteiger partial charge >= 0.3 is 6.03 Å². The number of anilines is 1. The third kappa shape index (κ3) is 3.96. The summed E-state index contributed by atoms with van der Waals surface area (Å²) in [5.74, 6) is -0.853. The lowest BCUT2D eigenvalue weighted by Gasteiger charge is -2.40. The first-order valence-electron chi connectivity index (χ1n) is 9.30. The van der Waals surface area contributed by atoms with Crippen LogP contribution in [0.1, 0.15) is 46.5 Å². The van der Waals surface area contributed by atoms with Crippen molar-refractivity contribution in [2.45, 2.75) is 52.0 Å². The molecule has 2 fully saturated rings. The number of nitrogens with zero attached hydrogens (tertiary/aromatic N) is 1. The van der Waals surface area contributed by atoms with Crippen LogP contribution in [-0.4, -0.2) is 34.8 Å². The van der Waals surface area contributed by atoms with E-state index in [1.807, 2.05) is 0 Å². The minimum Gasteiger partial charge on any atom is -0.324 e. The molecule has 1 aromatic carbocycles. The largest absolute Gasteiger partial charge is 0.325 e. The average molecular weight is 375 g/mol. The van der Waals surface area contributed by atoms with E-state index in [2.05, 4.69) is 31.4 Å². The monoisotopic (exact) mass is 375 g/mol. The standard InChI is InChI=1S/C20H26FN3O3/c1-19(2,3)13-7-9-20(10-8-13)17(26)24(18(27)23-20)12-16(25)22-15-6-4-5-14(21)11-15/h4-6,11,13H,7-10,12H2,1-3H3,(H,22,25)(H,23,27). The molecular weight excluding hydrogens is 349 g/mol. The van der Waals surface area contributed by atoms with Gasteiger partial charge in [-0.1, -0.05) is 26.8 Å². The molecule has 1 saturated carbocycles. The molecule has 1 spiro atoms. The Morgan fingerprint density at radius 1 is 1.30 bits per heavy atom. The van der Waals surface area contributed by atoms with Crippen molar-refractivity contribution >= 4 is 23.5 Å². The van der Waals surface area contributed by atoms with Crippen LogP contribution in [0.25, 0.3) is 0 Å². The molecule has 1 aromatic rings. The minimum atomic E-state index is -0.891. The summed E-state index contributed by atoms with van der Waals surface area (Å²) in [5.41, 5.74) is -0.442. The van der Waals surface area contributed by atoms with E-state index in [0.717, 1.165) is 17.7 Å². The SMILES string of the molecule is CC(C)(C)C1CCC2(CC1)NC(=O)N(CC(=O)Nc1cccc(F)c1)C2=O. The average Bonchev–Trinajstić information content (AvgIpc) is 2.79. The molecule has 6 nitrogen and oxygen atoms in total. The van der Waals surface area contributed by atoms with Gasteiger partial charge in [-0.2, -0.15) is 0 Å². The molecule has 0 aromatic heterocycles. The quantitative estimate of drug-likeness (QED) is 0.796. The second kappa shape index (κ2) is 6.94. The molecule has 0 atom stereocenters. The molecule has 1 saturated heterocycles. The molecule has 0 unspecified atom stereocenters. The Kier molecular flexibility index (Phi) is 4.97. The number of urea groups is 1. The van der Waals surface area contributed by atoms with Crippen molar-refractivity contribution in [3.8, 4) is 0 Å². The first kappa shape index (κ1) is 19.3. The molecule has 3 rings (SSSR count). The van der Waals surface area contributed by atoms with E-state index < -0.39 is 23.3 Å². The number of carbonyl (C=O) groups is 3. The summed E-state index contributed by atoms with van der Waals surface area (Å²) in [5, 5.41) is 5.33. The van der Waals surface area contributed by atoms with Crippen LogP contribution in [0.3, 0.4) is 0 Å². The van der Waals surface area contributed by atoms with E-state index >= 15 is 0 Å².